The minimum atomic E-state index is -1.07. The van der Waals surface area contributed by atoms with Crippen molar-refractivity contribution in [2.45, 2.75) is 57.4 Å². The summed E-state index contributed by atoms with van der Waals surface area (Å²) in [7, 11) is 0. The Hall–Kier alpha value is -1.59. The second-order valence-electron chi connectivity index (χ2n) is 6.17. The Balaban J connectivity index is 1.86. The van der Waals surface area contributed by atoms with Crippen molar-refractivity contribution in [3.63, 3.8) is 0 Å². The molecule has 2 rings (SSSR count). The van der Waals surface area contributed by atoms with Gasteiger partial charge in [-0.3, -0.25) is 9.59 Å². The van der Waals surface area contributed by atoms with E-state index in [2.05, 4.69) is 0 Å². The van der Waals surface area contributed by atoms with Crippen molar-refractivity contribution in [1.82, 2.24) is 9.80 Å². The van der Waals surface area contributed by atoms with Crippen LogP contribution in [0.4, 0.5) is 0 Å². The number of carbonyl (C=O) groups is 3. The molecule has 2 fully saturated rings. The molecule has 2 aliphatic rings. The van der Waals surface area contributed by atoms with Crippen LogP contribution in [-0.4, -0.2) is 57.9 Å². The van der Waals surface area contributed by atoms with Gasteiger partial charge in [0.1, 0.15) is 5.54 Å². The number of hydrogen-bond acceptors (Lipinski definition) is 3. The molecule has 2 aliphatic heterocycles. The molecule has 1 N–H and O–H groups in total. The van der Waals surface area contributed by atoms with Gasteiger partial charge in [-0.1, -0.05) is 0 Å². The fraction of sp³-hybridized carbons (Fsp3) is 0.800. The third-order valence-electron chi connectivity index (χ3n) is 4.64. The Bertz CT molecular complexity index is 437. The molecular weight excluding hydrogens is 272 g/mol. The van der Waals surface area contributed by atoms with Crippen molar-refractivity contribution in [3.8, 4) is 0 Å². The number of rotatable bonds is 5. The van der Waals surface area contributed by atoms with Gasteiger partial charge in [0.05, 0.1) is 0 Å². The van der Waals surface area contributed by atoms with Gasteiger partial charge >= 0.3 is 5.97 Å². The average molecular weight is 296 g/mol. The SMILES string of the molecule is CC1(C(=O)O)CCCCN1C(=O)CCCN1CCCC1=O. The van der Waals surface area contributed by atoms with Crippen LogP contribution in [0.5, 0.6) is 0 Å². The minimum absolute atomic E-state index is 0.105. The highest BCUT2D eigenvalue weighted by Crippen LogP contribution is 2.29. The van der Waals surface area contributed by atoms with Crippen LogP contribution in [0.2, 0.25) is 0 Å². The van der Waals surface area contributed by atoms with E-state index in [4.69, 9.17) is 0 Å². The van der Waals surface area contributed by atoms with Crippen molar-refractivity contribution in [3.05, 3.63) is 0 Å². The van der Waals surface area contributed by atoms with Gasteiger partial charge < -0.3 is 14.9 Å². The van der Waals surface area contributed by atoms with Gasteiger partial charge in [-0.05, 0) is 39.0 Å². The Morgan fingerprint density at radius 1 is 1.24 bits per heavy atom. The molecule has 6 heteroatoms. The Labute approximate surface area is 125 Å². The van der Waals surface area contributed by atoms with Gasteiger partial charge in [-0.2, -0.15) is 0 Å². The van der Waals surface area contributed by atoms with Crippen molar-refractivity contribution in [2.75, 3.05) is 19.6 Å². The summed E-state index contributed by atoms with van der Waals surface area (Å²) in [5.74, 6) is -0.868. The predicted octanol–water partition coefficient (Wildman–Crippen LogP) is 1.24. The fourth-order valence-electron chi connectivity index (χ4n) is 3.24. The molecule has 1 atom stereocenters. The summed E-state index contributed by atoms with van der Waals surface area (Å²) in [5, 5.41) is 9.40. The monoisotopic (exact) mass is 296 g/mol. The van der Waals surface area contributed by atoms with Crippen molar-refractivity contribution in [2.24, 2.45) is 0 Å². The molecule has 21 heavy (non-hydrogen) atoms. The molecule has 0 radical (unpaired) electrons. The van der Waals surface area contributed by atoms with Crippen LogP contribution < -0.4 is 0 Å². The first kappa shape index (κ1) is 15.8. The lowest BCUT2D eigenvalue weighted by Gasteiger charge is -2.41. The first-order valence-electron chi connectivity index (χ1n) is 7.77. The molecule has 2 heterocycles. The minimum Gasteiger partial charge on any atom is -0.480 e. The number of amides is 2. The maximum atomic E-state index is 12.3. The van der Waals surface area contributed by atoms with E-state index in [0.717, 1.165) is 25.8 Å². The zero-order valence-electron chi connectivity index (χ0n) is 12.6. The lowest BCUT2D eigenvalue weighted by molar-refractivity contribution is -0.161. The molecule has 1 unspecified atom stereocenters. The quantitative estimate of drug-likeness (QED) is 0.828. The van der Waals surface area contributed by atoms with Crippen molar-refractivity contribution in [1.29, 1.82) is 0 Å². The molecule has 0 aliphatic carbocycles. The summed E-state index contributed by atoms with van der Waals surface area (Å²) >= 11 is 0. The third-order valence-corrected chi connectivity index (χ3v) is 4.64. The van der Waals surface area contributed by atoms with Gasteiger partial charge in [0.15, 0.2) is 0 Å². The molecule has 0 aromatic heterocycles. The van der Waals surface area contributed by atoms with Crippen LogP contribution in [-0.2, 0) is 14.4 Å². The molecular formula is C15H24N2O4. The topological polar surface area (TPSA) is 77.9 Å². The smallest absolute Gasteiger partial charge is 0.329 e. The molecule has 118 valence electrons. The number of nitrogens with zero attached hydrogens (tertiary/aromatic N) is 2. The van der Waals surface area contributed by atoms with Crippen LogP contribution in [0, 0.1) is 0 Å². The van der Waals surface area contributed by atoms with Crippen LogP contribution in [0.15, 0.2) is 0 Å². The summed E-state index contributed by atoms with van der Waals surface area (Å²) in [6.07, 6.45) is 4.64. The molecule has 0 aromatic rings. The highest BCUT2D eigenvalue weighted by Gasteiger charge is 2.43. The van der Waals surface area contributed by atoms with Crippen LogP contribution in [0.1, 0.15) is 51.9 Å². The van der Waals surface area contributed by atoms with E-state index in [-0.39, 0.29) is 11.8 Å². The highest BCUT2D eigenvalue weighted by atomic mass is 16.4. The normalized spacial score (nSPS) is 26.2. The standard InChI is InChI=1S/C15H24N2O4/c1-15(14(20)21)8-2-3-11-17(15)13(19)7-5-10-16-9-4-6-12(16)18/h2-11H2,1H3,(H,20,21). The Kier molecular flexibility index (Phi) is 4.85. The number of likely N-dealkylation sites (tertiary alicyclic amines) is 2. The van der Waals surface area contributed by atoms with Crippen LogP contribution in [0.25, 0.3) is 0 Å². The van der Waals surface area contributed by atoms with Gasteiger partial charge in [-0.15, -0.1) is 0 Å². The highest BCUT2D eigenvalue weighted by molar-refractivity contribution is 5.87. The molecule has 0 aromatic carbocycles. The Morgan fingerprint density at radius 2 is 2.00 bits per heavy atom. The molecule has 0 bridgehead atoms. The number of hydrogen-bond donors (Lipinski definition) is 1. The summed E-state index contributed by atoms with van der Waals surface area (Å²) in [6, 6.07) is 0. The maximum Gasteiger partial charge on any atom is 0.329 e. The molecule has 2 amide bonds. The van der Waals surface area contributed by atoms with Crippen LogP contribution in [0.3, 0.4) is 0 Å². The molecule has 0 spiro atoms. The summed E-state index contributed by atoms with van der Waals surface area (Å²) < 4.78 is 0. The van der Waals surface area contributed by atoms with Crippen molar-refractivity contribution >= 4 is 17.8 Å². The van der Waals surface area contributed by atoms with Gasteiger partial charge in [0.2, 0.25) is 11.8 Å². The van der Waals surface area contributed by atoms with Crippen molar-refractivity contribution < 1.29 is 19.5 Å². The zero-order chi connectivity index (χ0) is 15.5. The molecule has 6 nitrogen and oxygen atoms in total. The van der Waals surface area contributed by atoms with Gasteiger partial charge in [0, 0.05) is 32.5 Å². The fourth-order valence-corrected chi connectivity index (χ4v) is 3.24. The van der Waals surface area contributed by atoms with E-state index in [1.807, 2.05) is 0 Å². The number of carboxylic acids is 1. The lowest BCUT2D eigenvalue weighted by atomic mass is 9.88. The number of piperidine rings is 1. The summed E-state index contributed by atoms with van der Waals surface area (Å²) in [6.45, 7) is 3.53. The average Bonchev–Trinajstić information content (AvgIpc) is 2.84. The first-order valence-corrected chi connectivity index (χ1v) is 7.77. The maximum absolute atomic E-state index is 12.3. The number of carboxylic acid groups (broad SMARTS) is 1. The van der Waals surface area contributed by atoms with E-state index in [9.17, 15) is 19.5 Å². The van der Waals surface area contributed by atoms with E-state index < -0.39 is 11.5 Å². The number of carbonyl (C=O) groups excluding carboxylic acids is 2. The Morgan fingerprint density at radius 3 is 2.62 bits per heavy atom. The van der Waals surface area contributed by atoms with Gasteiger partial charge in [-0.25, -0.2) is 4.79 Å². The largest absolute Gasteiger partial charge is 0.480 e. The van der Waals surface area contributed by atoms with E-state index in [1.165, 1.54) is 4.90 Å². The van der Waals surface area contributed by atoms with E-state index >= 15 is 0 Å². The van der Waals surface area contributed by atoms with E-state index in [1.54, 1.807) is 11.8 Å². The van der Waals surface area contributed by atoms with E-state index in [0.29, 0.717) is 38.8 Å². The number of aliphatic carboxylic acids is 1. The summed E-state index contributed by atoms with van der Waals surface area (Å²) in [5.41, 5.74) is -1.07. The predicted molar refractivity (Wildman–Crippen MR) is 76.7 cm³/mol. The molecule has 0 saturated carbocycles. The zero-order valence-corrected chi connectivity index (χ0v) is 12.6. The van der Waals surface area contributed by atoms with Crippen LogP contribution >= 0.6 is 0 Å². The second kappa shape index (κ2) is 6.45. The van der Waals surface area contributed by atoms with Gasteiger partial charge in [0.25, 0.3) is 0 Å². The first-order chi connectivity index (χ1) is 9.95. The third kappa shape index (κ3) is 3.36. The molecule has 2 saturated heterocycles. The second-order valence-corrected chi connectivity index (χ2v) is 6.17. The summed E-state index contributed by atoms with van der Waals surface area (Å²) in [4.78, 5) is 38.6. The lowest BCUT2D eigenvalue weighted by Crippen LogP contribution is -2.57.